The van der Waals surface area contributed by atoms with Crippen LogP contribution in [0.4, 0.5) is 4.79 Å². The van der Waals surface area contributed by atoms with Crippen LogP contribution in [0.5, 0.6) is 0 Å². The van der Waals surface area contributed by atoms with Gasteiger partial charge in [-0.2, -0.15) is 0 Å². The summed E-state index contributed by atoms with van der Waals surface area (Å²) in [5.41, 5.74) is 0.158. The van der Waals surface area contributed by atoms with Crippen molar-refractivity contribution in [2.75, 3.05) is 0 Å². The Bertz CT molecular complexity index is 583. The van der Waals surface area contributed by atoms with Crippen LogP contribution >= 0.6 is 0 Å². The van der Waals surface area contributed by atoms with Crippen LogP contribution in [0, 0.1) is 11.8 Å². The van der Waals surface area contributed by atoms with E-state index >= 15 is 0 Å². The van der Waals surface area contributed by atoms with Gasteiger partial charge in [0.1, 0.15) is 11.2 Å². The summed E-state index contributed by atoms with van der Waals surface area (Å²) in [4.78, 5) is 11.8. The minimum atomic E-state index is -1.03. The van der Waals surface area contributed by atoms with E-state index in [1.807, 2.05) is 52.0 Å². The normalized spacial score (nSPS) is 12.9. The van der Waals surface area contributed by atoms with E-state index in [-0.39, 0.29) is 6.04 Å². The van der Waals surface area contributed by atoms with Crippen LogP contribution in [-0.2, 0) is 4.74 Å². The second-order valence-corrected chi connectivity index (χ2v) is 6.80. The Morgan fingerprint density at radius 3 is 2.45 bits per heavy atom. The maximum atomic E-state index is 11.8. The average Bonchev–Trinajstić information content (AvgIpc) is 2.33. The molecule has 0 aliphatic rings. The molecule has 1 rings (SSSR count). The first kappa shape index (κ1) is 18.1. The first-order valence-corrected chi connectivity index (χ1v) is 7.31. The molecule has 4 nitrogen and oxygen atoms in total. The molecule has 0 aromatic heterocycles. The number of hydrogen-bond acceptors (Lipinski definition) is 3. The minimum absolute atomic E-state index is 0.196. The van der Waals surface area contributed by atoms with Crippen LogP contribution in [0.3, 0.4) is 0 Å². The highest BCUT2D eigenvalue weighted by atomic mass is 16.6. The lowest BCUT2D eigenvalue weighted by molar-refractivity contribution is 0.0508. The second-order valence-electron chi connectivity index (χ2n) is 6.80. The van der Waals surface area contributed by atoms with Crippen molar-refractivity contribution in [3.63, 3.8) is 0 Å². The molecule has 4 heteroatoms. The van der Waals surface area contributed by atoms with Crippen LogP contribution < -0.4 is 5.32 Å². The number of ether oxygens (including phenoxy) is 1. The van der Waals surface area contributed by atoms with E-state index in [1.165, 1.54) is 0 Å². The van der Waals surface area contributed by atoms with Crippen molar-refractivity contribution in [2.24, 2.45) is 0 Å². The molecule has 0 bridgehead atoms. The molecule has 2 N–H and O–H groups in total. The Morgan fingerprint density at radius 1 is 1.27 bits per heavy atom. The van der Waals surface area contributed by atoms with Crippen molar-refractivity contribution >= 4 is 6.09 Å². The zero-order valence-electron chi connectivity index (χ0n) is 14.2. The van der Waals surface area contributed by atoms with E-state index in [4.69, 9.17) is 4.74 Å². The van der Waals surface area contributed by atoms with E-state index in [0.717, 1.165) is 11.1 Å². The maximum Gasteiger partial charge on any atom is 0.408 e. The molecule has 0 radical (unpaired) electrons. The van der Waals surface area contributed by atoms with Gasteiger partial charge in [-0.25, -0.2) is 4.79 Å². The smallest absolute Gasteiger partial charge is 0.408 e. The van der Waals surface area contributed by atoms with Crippen molar-refractivity contribution in [3.05, 3.63) is 35.4 Å². The summed E-state index contributed by atoms with van der Waals surface area (Å²) in [6.07, 6.45) is -0.451. The van der Waals surface area contributed by atoms with Gasteiger partial charge < -0.3 is 15.2 Å². The van der Waals surface area contributed by atoms with Crippen molar-refractivity contribution in [2.45, 2.75) is 58.8 Å². The summed E-state index contributed by atoms with van der Waals surface area (Å²) >= 11 is 0. The van der Waals surface area contributed by atoms with Gasteiger partial charge >= 0.3 is 6.09 Å². The molecule has 0 aliphatic heterocycles. The van der Waals surface area contributed by atoms with Crippen LogP contribution in [-0.4, -0.2) is 22.4 Å². The van der Waals surface area contributed by atoms with Crippen molar-refractivity contribution in [1.82, 2.24) is 5.32 Å². The predicted octanol–water partition coefficient (Wildman–Crippen LogP) is 3.39. The summed E-state index contributed by atoms with van der Waals surface area (Å²) < 4.78 is 5.24. The zero-order chi connectivity index (χ0) is 17.0. The number of rotatable bonds is 2. The molecule has 0 saturated carbocycles. The molecule has 1 aromatic carbocycles. The second kappa shape index (κ2) is 6.85. The molecule has 120 valence electrons. The van der Waals surface area contributed by atoms with Gasteiger partial charge in [0.2, 0.25) is 0 Å². The Kier molecular flexibility index (Phi) is 5.62. The molecule has 0 saturated heterocycles. The molecule has 1 amide bonds. The molecule has 1 aromatic rings. The SMILES string of the molecule is CC(NC(=O)OC(C)(C)C)c1cccc(C#CC(C)(C)O)c1. The molecular formula is C18H25NO3. The number of carbonyl (C=O) groups is 1. The van der Waals surface area contributed by atoms with Crippen molar-refractivity contribution in [3.8, 4) is 11.8 Å². The molecule has 22 heavy (non-hydrogen) atoms. The van der Waals surface area contributed by atoms with Gasteiger partial charge in [-0.15, -0.1) is 0 Å². The highest BCUT2D eigenvalue weighted by Gasteiger charge is 2.18. The Hall–Kier alpha value is -1.99. The van der Waals surface area contributed by atoms with E-state index in [0.29, 0.717) is 0 Å². The molecule has 1 unspecified atom stereocenters. The zero-order valence-corrected chi connectivity index (χ0v) is 14.2. The van der Waals surface area contributed by atoms with Crippen LogP contribution in [0.2, 0.25) is 0 Å². The number of nitrogens with one attached hydrogen (secondary N) is 1. The number of carbonyl (C=O) groups excluding carboxylic acids is 1. The first-order valence-electron chi connectivity index (χ1n) is 7.31. The minimum Gasteiger partial charge on any atom is -0.444 e. The van der Waals surface area contributed by atoms with Gasteiger partial charge in [0.05, 0.1) is 6.04 Å². The maximum absolute atomic E-state index is 11.8. The molecule has 0 heterocycles. The Balaban J connectivity index is 2.80. The molecule has 1 atom stereocenters. The van der Waals surface area contributed by atoms with Crippen LogP contribution in [0.15, 0.2) is 24.3 Å². The first-order chi connectivity index (χ1) is 9.96. The summed E-state index contributed by atoms with van der Waals surface area (Å²) in [6, 6.07) is 7.34. The third-order valence-corrected chi connectivity index (χ3v) is 2.63. The lowest BCUT2D eigenvalue weighted by Gasteiger charge is -2.22. The lowest BCUT2D eigenvalue weighted by Crippen LogP contribution is -2.34. The molecule has 0 spiro atoms. The molecule has 0 aliphatic carbocycles. The number of aliphatic hydroxyl groups is 1. The van der Waals surface area contributed by atoms with Gasteiger partial charge in [-0.1, -0.05) is 24.0 Å². The van der Waals surface area contributed by atoms with E-state index < -0.39 is 17.3 Å². The van der Waals surface area contributed by atoms with E-state index in [9.17, 15) is 9.90 Å². The third-order valence-electron chi connectivity index (χ3n) is 2.63. The van der Waals surface area contributed by atoms with Gasteiger partial charge in [0.25, 0.3) is 0 Å². The van der Waals surface area contributed by atoms with Gasteiger partial charge in [0, 0.05) is 5.56 Å². The topological polar surface area (TPSA) is 58.6 Å². The number of alkyl carbamates (subject to hydrolysis) is 1. The van der Waals surface area contributed by atoms with Gasteiger partial charge in [-0.3, -0.25) is 0 Å². The predicted molar refractivity (Wildman–Crippen MR) is 87.4 cm³/mol. The average molecular weight is 303 g/mol. The summed E-state index contributed by atoms with van der Waals surface area (Å²) in [5, 5.41) is 12.4. The highest BCUT2D eigenvalue weighted by molar-refractivity contribution is 5.68. The van der Waals surface area contributed by atoms with E-state index in [1.54, 1.807) is 13.8 Å². The monoisotopic (exact) mass is 303 g/mol. The van der Waals surface area contributed by atoms with Crippen LogP contribution in [0.1, 0.15) is 58.7 Å². The summed E-state index contributed by atoms with van der Waals surface area (Å²) in [6.45, 7) is 10.6. The van der Waals surface area contributed by atoms with E-state index in [2.05, 4.69) is 17.2 Å². The number of amides is 1. The van der Waals surface area contributed by atoms with Crippen molar-refractivity contribution < 1.29 is 14.6 Å². The van der Waals surface area contributed by atoms with Crippen LogP contribution in [0.25, 0.3) is 0 Å². The highest BCUT2D eigenvalue weighted by Crippen LogP contribution is 2.15. The van der Waals surface area contributed by atoms with Gasteiger partial charge in [0.15, 0.2) is 0 Å². The standard InChI is InChI=1S/C18H25NO3/c1-13(19-16(20)22-17(2,3)4)15-9-7-8-14(12-15)10-11-18(5,6)21/h7-9,12-13,21H,1-6H3,(H,19,20). The van der Waals surface area contributed by atoms with Crippen molar-refractivity contribution in [1.29, 1.82) is 0 Å². The fourth-order valence-electron chi connectivity index (χ4n) is 1.68. The summed E-state index contributed by atoms with van der Waals surface area (Å²) in [7, 11) is 0. The largest absolute Gasteiger partial charge is 0.444 e. The Labute approximate surface area is 132 Å². The quantitative estimate of drug-likeness (QED) is 0.823. The number of benzene rings is 1. The lowest BCUT2D eigenvalue weighted by atomic mass is 10.0. The third kappa shape index (κ3) is 7.14. The fourth-order valence-corrected chi connectivity index (χ4v) is 1.68. The fraction of sp³-hybridized carbons (Fsp3) is 0.500. The summed E-state index contributed by atoms with van der Waals surface area (Å²) in [5.74, 6) is 5.70. The number of hydrogen-bond donors (Lipinski definition) is 2. The van der Waals surface area contributed by atoms with Gasteiger partial charge in [-0.05, 0) is 59.2 Å². The molecule has 0 fully saturated rings. The molecular weight excluding hydrogens is 278 g/mol. The Morgan fingerprint density at radius 2 is 1.91 bits per heavy atom.